The lowest BCUT2D eigenvalue weighted by Crippen LogP contribution is -2.19. The summed E-state index contributed by atoms with van der Waals surface area (Å²) in [5.41, 5.74) is 1.29. The molecule has 16 heavy (non-hydrogen) atoms. The highest BCUT2D eigenvalue weighted by Crippen LogP contribution is 2.21. The molecule has 0 bridgehead atoms. The lowest BCUT2D eigenvalue weighted by Gasteiger charge is -2.13. The minimum Gasteiger partial charge on any atom is -0.379 e. The molecule has 1 aliphatic rings. The number of rotatable bonds is 5. The van der Waals surface area contributed by atoms with Crippen molar-refractivity contribution >= 4 is 0 Å². The highest BCUT2D eigenvalue weighted by molar-refractivity contribution is 5.10. The molecule has 2 heterocycles. The third kappa shape index (κ3) is 2.44. The van der Waals surface area contributed by atoms with Crippen LogP contribution in [0.4, 0.5) is 0 Å². The first kappa shape index (κ1) is 11.6. The van der Waals surface area contributed by atoms with Gasteiger partial charge in [-0.3, -0.25) is 4.68 Å². The smallest absolute Gasteiger partial charge is 0.0774 e. The highest BCUT2D eigenvalue weighted by Gasteiger charge is 2.19. The van der Waals surface area contributed by atoms with Crippen LogP contribution in [0.5, 0.6) is 0 Å². The topological polar surface area (TPSA) is 39.1 Å². The second kappa shape index (κ2) is 5.46. The lowest BCUT2D eigenvalue weighted by molar-refractivity contribution is 0.184. The highest BCUT2D eigenvalue weighted by atomic mass is 16.5. The van der Waals surface area contributed by atoms with Gasteiger partial charge in [-0.05, 0) is 19.4 Å². The molecule has 4 nitrogen and oxygen atoms in total. The molecular formula is C12H21N3O. The van der Waals surface area contributed by atoms with Gasteiger partial charge in [0.25, 0.3) is 0 Å². The monoisotopic (exact) mass is 223 g/mol. The molecule has 0 aliphatic carbocycles. The van der Waals surface area contributed by atoms with Crippen LogP contribution in [0, 0.1) is 0 Å². The number of aromatic nitrogens is 2. The standard InChI is InChI=1S/C12H21N3O/c1-3-12(13-4-2)10-7-14-15(8-10)11-5-6-16-9-11/h7-8,11-13H,3-6,9H2,1-2H3. The zero-order valence-corrected chi connectivity index (χ0v) is 10.1. The molecule has 0 spiro atoms. The molecular weight excluding hydrogens is 202 g/mol. The van der Waals surface area contributed by atoms with E-state index in [2.05, 4.69) is 35.1 Å². The Bertz CT molecular complexity index is 318. The fourth-order valence-corrected chi connectivity index (χ4v) is 2.21. The Balaban J connectivity index is 2.05. The summed E-state index contributed by atoms with van der Waals surface area (Å²) in [4.78, 5) is 0. The number of ether oxygens (including phenoxy) is 1. The third-order valence-electron chi connectivity index (χ3n) is 3.16. The van der Waals surface area contributed by atoms with Crippen molar-refractivity contribution in [1.29, 1.82) is 0 Å². The van der Waals surface area contributed by atoms with E-state index in [4.69, 9.17) is 4.74 Å². The Labute approximate surface area is 97.0 Å². The third-order valence-corrected chi connectivity index (χ3v) is 3.16. The minimum atomic E-state index is 0.432. The van der Waals surface area contributed by atoms with Crippen LogP contribution in [-0.2, 0) is 4.74 Å². The Morgan fingerprint density at radius 3 is 3.12 bits per heavy atom. The first-order valence-electron chi connectivity index (χ1n) is 6.20. The summed E-state index contributed by atoms with van der Waals surface area (Å²) in [5, 5.41) is 7.91. The van der Waals surface area contributed by atoms with Gasteiger partial charge in [0.05, 0.1) is 18.8 Å². The van der Waals surface area contributed by atoms with E-state index in [9.17, 15) is 0 Å². The summed E-state index contributed by atoms with van der Waals surface area (Å²) in [5.74, 6) is 0. The van der Waals surface area contributed by atoms with Crippen LogP contribution in [0.1, 0.15) is 44.3 Å². The normalized spacial score (nSPS) is 22.5. The van der Waals surface area contributed by atoms with Crippen LogP contribution in [-0.4, -0.2) is 29.5 Å². The van der Waals surface area contributed by atoms with E-state index in [1.165, 1.54) is 5.56 Å². The van der Waals surface area contributed by atoms with Crippen LogP contribution < -0.4 is 5.32 Å². The van der Waals surface area contributed by atoms with Gasteiger partial charge in [-0.1, -0.05) is 13.8 Å². The van der Waals surface area contributed by atoms with Crippen molar-refractivity contribution in [1.82, 2.24) is 15.1 Å². The number of nitrogens with one attached hydrogen (secondary N) is 1. The second-order valence-electron chi connectivity index (χ2n) is 4.29. The summed E-state index contributed by atoms with van der Waals surface area (Å²) < 4.78 is 7.44. The van der Waals surface area contributed by atoms with Gasteiger partial charge >= 0.3 is 0 Å². The summed E-state index contributed by atoms with van der Waals surface area (Å²) in [6, 6.07) is 0.869. The van der Waals surface area contributed by atoms with Crippen molar-refractivity contribution in [3.63, 3.8) is 0 Å². The van der Waals surface area contributed by atoms with Crippen LogP contribution >= 0.6 is 0 Å². The Morgan fingerprint density at radius 1 is 1.62 bits per heavy atom. The second-order valence-corrected chi connectivity index (χ2v) is 4.29. The minimum absolute atomic E-state index is 0.432. The van der Waals surface area contributed by atoms with Gasteiger partial charge in [-0.25, -0.2) is 0 Å². The fourth-order valence-electron chi connectivity index (χ4n) is 2.21. The number of nitrogens with zero attached hydrogens (tertiary/aromatic N) is 2. The molecule has 1 fully saturated rings. The molecule has 1 aromatic heterocycles. The number of hydrogen-bond acceptors (Lipinski definition) is 3. The van der Waals surface area contributed by atoms with E-state index < -0.39 is 0 Å². The Hall–Kier alpha value is -0.870. The molecule has 1 aromatic rings. The van der Waals surface area contributed by atoms with Crippen LogP contribution in [0.15, 0.2) is 12.4 Å². The van der Waals surface area contributed by atoms with E-state index in [1.807, 2.05) is 6.20 Å². The molecule has 0 radical (unpaired) electrons. The molecule has 0 saturated carbocycles. The average molecular weight is 223 g/mol. The van der Waals surface area contributed by atoms with Crippen molar-refractivity contribution in [3.05, 3.63) is 18.0 Å². The van der Waals surface area contributed by atoms with E-state index in [0.717, 1.165) is 32.6 Å². The van der Waals surface area contributed by atoms with Gasteiger partial charge in [-0.2, -0.15) is 5.10 Å². The van der Waals surface area contributed by atoms with Crippen molar-refractivity contribution in [2.24, 2.45) is 0 Å². The molecule has 2 unspecified atom stereocenters. The van der Waals surface area contributed by atoms with Crippen LogP contribution in [0.25, 0.3) is 0 Å². The zero-order chi connectivity index (χ0) is 11.4. The Kier molecular flexibility index (Phi) is 3.96. The maximum absolute atomic E-state index is 5.38. The van der Waals surface area contributed by atoms with E-state index in [-0.39, 0.29) is 0 Å². The van der Waals surface area contributed by atoms with Crippen molar-refractivity contribution in [2.75, 3.05) is 19.8 Å². The number of hydrogen-bond donors (Lipinski definition) is 1. The van der Waals surface area contributed by atoms with Crippen molar-refractivity contribution < 1.29 is 4.74 Å². The molecule has 1 saturated heterocycles. The van der Waals surface area contributed by atoms with Crippen molar-refractivity contribution in [2.45, 2.75) is 38.8 Å². The van der Waals surface area contributed by atoms with E-state index >= 15 is 0 Å². The molecule has 1 aliphatic heterocycles. The largest absolute Gasteiger partial charge is 0.379 e. The molecule has 1 N–H and O–H groups in total. The molecule has 0 aromatic carbocycles. The average Bonchev–Trinajstić information content (AvgIpc) is 2.95. The van der Waals surface area contributed by atoms with Crippen molar-refractivity contribution in [3.8, 4) is 0 Å². The predicted octanol–water partition coefficient (Wildman–Crippen LogP) is 1.91. The summed E-state index contributed by atoms with van der Waals surface area (Å²) in [6.07, 6.45) is 6.32. The molecule has 4 heteroatoms. The van der Waals surface area contributed by atoms with Crippen LogP contribution in [0.2, 0.25) is 0 Å². The van der Waals surface area contributed by atoms with Gasteiger partial charge in [-0.15, -0.1) is 0 Å². The summed E-state index contributed by atoms with van der Waals surface area (Å²) in [7, 11) is 0. The SMILES string of the molecule is CCNC(CC)c1cnn(C2CCOC2)c1. The molecule has 0 amide bonds. The van der Waals surface area contributed by atoms with E-state index in [1.54, 1.807) is 0 Å². The van der Waals surface area contributed by atoms with E-state index in [0.29, 0.717) is 12.1 Å². The fraction of sp³-hybridized carbons (Fsp3) is 0.750. The quantitative estimate of drug-likeness (QED) is 0.828. The predicted molar refractivity (Wildman–Crippen MR) is 63.4 cm³/mol. The summed E-state index contributed by atoms with van der Waals surface area (Å²) in [6.45, 7) is 7.00. The lowest BCUT2D eigenvalue weighted by atomic mass is 10.1. The Morgan fingerprint density at radius 2 is 2.50 bits per heavy atom. The first-order valence-corrected chi connectivity index (χ1v) is 6.20. The molecule has 2 atom stereocenters. The summed E-state index contributed by atoms with van der Waals surface area (Å²) >= 11 is 0. The maximum Gasteiger partial charge on any atom is 0.0774 e. The zero-order valence-electron chi connectivity index (χ0n) is 10.1. The van der Waals surface area contributed by atoms with Gasteiger partial charge in [0.1, 0.15) is 0 Å². The molecule has 90 valence electrons. The van der Waals surface area contributed by atoms with Gasteiger partial charge in [0.2, 0.25) is 0 Å². The van der Waals surface area contributed by atoms with Gasteiger partial charge < -0.3 is 10.1 Å². The van der Waals surface area contributed by atoms with Gasteiger partial charge in [0, 0.05) is 24.4 Å². The van der Waals surface area contributed by atoms with Gasteiger partial charge in [0.15, 0.2) is 0 Å². The first-order chi connectivity index (χ1) is 7.85. The maximum atomic E-state index is 5.38. The molecule has 2 rings (SSSR count). The van der Waals surface area contributed by atoms with Crippen LogP contribution in [0.3, 0.4) is 0 Å².